The molecule has 6 heteroatoms. The third-order valence-electron chi connectivity index (χ3n) is 2.99. The van der Waals surface area contributed by atoms with Crippen LogP contribution in [0.25, 0.3) is 0 Å². The van der Waals surface area contributed by atoms with Crippen molar-refractivity contribution in [1.29, 1.82) is 0 Å². The van der Waals surface area contributed by atoms with Crippen molar-refractivity contribution in [2.45, 2.75) is 25.7 Å². The Labute approximate surface area is 123 Å². The number of methoxy groups -OCH3 is 2. The smallest absolute Gasteiger partial charge is 0.305 e. The maximum atomic E-state index is 13.7. The minimum atomic E-state index is -0.613. The summed E-state index contributed by atoms with van der Waals surface area (Å²) in [6.07, 6.45) is 2.60. The Hall–Kier alpha value is -2.11. The number of unbranched alkanes of at least 4 members (excludes halogenated alkanes) is 2. The van der Waals surface area contributed by atoms with Crippen LogP contribution in [-0.2, 0) is 9.53 Å². The molecule has 0 aliphatic heterocycles. The van der Waals surface area contributed by atoms with Gasteiger partial charge in [0.25, 0.3) is 5.91 Å². The first-order valence-corrected chi connectivity index (χ1v) is 6.77. The highest BCUT2D eigenvalue weighted by molar-refractivity contribution is 5.94. The van der Waals surface area contributed by atoms with Crippen LogP contribution in [0.2, 0.25) is 0 Å². The second-order valence-electron chi connectivity index (χ2n) is 4.49. The quantitative estimate of drug-likeness (QED) is 0.590. The second-order valence-corrected chi connectivity index (χ2v) is 4.49. The Morgan fingerprint density at radius 1 is 1.19 bits per heavy atom. The van der Waals surface area contributed by atoms with Crippen molar-refractivity contribution in [1.82, 2.24) is 5.32 Å². The molecule has 0 saturated heterocycles. The fourth-order valence-corrected chi connectivity index (χ4v) is 1.78. The summed E-state index contributed by atoms with van der Waals surface area (Å²) in [4.78, 5) is 22.7. The maximum absolute atomic E-state index is 13.7. The van der Waals surface area contributed by atoms with E-state index in [1.807, 2.05) is 0 Å². The predicted molar refractivity (Wildman–Crippen MR) is 75.8 cm³/mol. The molecule has 116 valence electrons. The average molecular weight is 297 g/mol. The highest BCUT2D eigenvalue weighted by Gasteiger charge is 2.11. The van der Waals surface area contributed by atoms with E-state index in [1.165, 1.54) is 32.4 Å². The lowest BCUT2D eigenvalue weighted by molar-refractivity contribution is -0.140. The number of esters is 1. The van der Waals surface area contributed by atoms with Crippen LogP contribution in [0.4, 0.5) is 4.39 Å². The first kappa shape index (κ1) is 16.9. The zero-order chi connectivity index (χ0) is 15.7. The Morgan fingerprint density at radius 2 is 1.95 bits per heavy atom. The van der Waals surface area contributed by atoms with Gasteiger partial charge in [-0.3, -0.25) is 9.59 Å². The molecule has 1 amide bonds. The summed E-state index contributed by atoms with van der Waals surface area (Å²) in [5.74, 6) is -0.938. The van der Waals surface area contributed by atoms with Gasteiger partial charge < -0.3 is 14.8 Å². The molecule has 0 heterocycles. The van der Waals surface area contributed by atoms with Gasteiger partial charge in [0.2, 0.25) is 0 Å². The highest BCUT2D eigenvalue weighted by Crippen LogP contribution is 2.16. The van der Waals surface area contributed by atoms with Crippen LogP contribution in [0.5, 0.6) is 5.75 Å². The summed E-state index contributed by atoms with van der Waals surface area (Å²) in [7, 11) is 2.79. The van der Waals surface area contributed by atoms with Crippen molar-refractivity contribution in [3.8, 4) is 5.75 Å². The number of amides is 1. The van der Waals surface area contributed by atoms with Gasteiger partial charge in [-0.2, -0.15) is 0 Å². The molecule has 1 aromatic rings. The van der Waals surface area contributed by atoms with Gasteiger partial charge in [-0.25, -0.2) is 4.39 Å². The molecule has 0 atom stereocenters. The molecule has 21 heavy (non-hydrogen) atoms. The van der Waals surface area contributed by atoms with Gasteiger partial charge in [-0.1, -0.05) is 6.42 Å². The average Bonchev–Trinajstić information content (AvgIpc) is 2.49. The second kappa shape index (κ2) is 8.94. The molecular formula is C15H20FNO4. The van der Waals surface area contributed by atoms with Gasteiger partial charge in [0.15, 0.2) is 0 Å². The molecule has 1 aromatic carbocycles. The Balaban J connectivity index is 2.29. The number of hydrogen-bond acceptors (Lipinski definition) is 4. The standard InChI is InChI=1S/C15H20FNO4/c1-20-11-7-8-12(13(16)10-11)15(19)17-9-5-3-4-6-14(18)21-2/h7-8,10H,3-6,9H2,1-2H3,(H,17,19). The van der Waals surface area contributed by atoms with Gasteiger partial charge in [0.05, 0.1) is 19.8 Å². The zero-order valence-electron chi connectivity index (χ0n) is 12.3. The summed E-state index contributed by atoms with van der Waals surface area (Å²) in [5, 5.41) is 2.64. The lowest BCUT2D eigenvalue weighted by Crippen LogP contribution is -2.25. The van der Waals surface area contributed by atoms with E-state index in [0.29, 0.717) is 25.1 Å². The summed E-state index contributed by atoms with van der Waals surface area (Å²) >= 11 is 0. The normalized spacial score (nSPS) is 10.0. The molecule has 0 aromatic heterocycles. The molecule has 0 bridgehead atoms. The molecule has 5 nitrogen and oxygen atoms in total. The molecule has 0 spiro atoms. The van der Waals surface area contributed by atoms with Gasteiger partial charge in [-0.05, 0) is 25.0 Å². The minimum absolute atomic E-state index is 0.00893. The largest absolute Gasteiger partial charge is 0.497 e. The summed E-state index contributed by atoms with van der Waals surface area (Å²) in [6, 6.07) is 4.10. The molecule has 0 radical (unpaired) electrons. The van der Waals surface area contributed by atoms with E-state index < -0.39 is 11.7 Å². The minimum Gasteiger partial charge on any atom is -0.497 e. The van der Waals surface area contributed by atoms with Crippen molar-refractivity contribution in [3.63, 3.8) is 0 Å². The lowest BCUT2D eigenvalue weighted by atomic mass is 10.1. The van der Waals surface area contributed by atoms with Gasteiger partial charge >= 0.3 is 5.97 Å². The van der Waals surface area contributed by atoms with Crippen LogP contribution in [0.3, 0.4) is 0 Å². The first-order valence-electron chi connectivity index (χ1n) is 6.77. The predicted octanol–water partition coefficient (Wildman–Crippen LogP) is 2.30. The van der Waals surface area contributed by atoms with E-state index in [2.05, 4.69) is 10.1 Å². The number of benzene rings is 1. The highest BCUT2D eigenvalue weighted by atomic mass is 19.1. The van der Waals surface area contributed by atoms with Gasteiger partial charge in [0, 0.05) is 19.0 Å². The topological polar surface area (TPSA) is 64.6 Å². The third kappa shape index (κ3) is 5.81. The maximum Gasteiger partial charge on any atom is 0.305 e. The number of rotatable bonds is 8. The molecule has 1 rings (SSSR count). The van der Waals surface area contributed by atoms with Crippen LogP contribution in [0, 0.1) is 5.82 Å². The summed E-state index contributed by atoms with van der Waals surface area (Å²) in [5.41, 5.74) is -0.00893. The fraction of sp³-hybridized carbons (Fsp3) is 0.467. The zero-order valence-corrected chi connectivity index (χ0v) is 12.3. The number of halogens is 1. The van der Waals surface area contributed by atoms with Crippen molar-refractivity contribution >= 4 is 11.9 Å². The summed E-state index contributed by atoms with van der Waals surface area (Å²) < 4.78 is 23.1. The van der Waals surface area contributed by atoms with E-state index >= 15 is 0 Å². The van der Waals surface area contributed by atoms with E-state index in [-0.39, 0.29) is 11.5 Å². The fourth-order valence-electron chi connectivity index (χ4n) is 1.78. The molecule has 0 fully saturated rings. The van der Waals surface area contributed by atoms with Crippen molar-refractivity contribution in [2.24, 2.45) is 0 Å². The molecular weight excluding hydrogens is 277 g/mol. The van der Waals surface area contributed by atoms with Crippen molar-refractivity contribution < 1.29 is 23.5 Å². The SMILES string of the molecule is COC(=O)CCCCCNC(=O)c1ccc(OC)cc1F. The number of nitrogens with one attached hydrogen (secondary N) is 1. The van der Waals surface area contributed by atoms with E-state index in [4.69, 9.17) is 4.74 Å². The number of carbonyl (C=O) groups is 2. The Kier molecular flexibility index (Phi) is 7.21. The molecule has 0 aliphatic carbocycles. The molecule has 0 saturated carbocycles. The third-order valence-corrected chi connectivity index (χ3v) is 2.99. The Morgan fingerprint density at radius 3 is 2.57 bits per heavy atom. The van der Waals surface area contributed by atoms with E-state index in [9.17, 15) is 14.0 Å². The van der Waals surface area contributed by atoms with Crippen LogP contribution in [-0.4, -0.2) is 32.6 Å². The molecule has 0 aliphatic rings. The van der Waals surface area contributed by atoms with Crippen molar-refractivity contribution in [2.75, 3.05) is 20.8 Å². The van der Waals surface area contributed by atoms with Crippen LogP contribution < -0.4 is 10.1 Å². The molecule has 0 unspecified atom stereocenters. The molecule has 1 N–H and O–H groups in total. The first-order chi connectivity index (χ1) is 10.1. The lowest BCUT2D eigenvalue weighted by Gasteiger charge is -2.07. The van der Waals surface area contributed by atoms with Crippen LogP contribution >= 0.6 is 0 Å². The van der Waals surface area contributed by atoms with Crippen molar-refractivity contribution in [3.05, 3.63) is 29.6 Å². The number of carbonyl (C=O) groups excluding carboxylic acids is 2. The van der Waals surface area contributed by atoms with E-state index in [1.54, 1.807) is 0 Å². The van der Waals surface area contributed by atoms with Gasteiger partial charge in [0.1, 0.15) is 11.6 Å². The van der Waals surface area contributed by atoms with Crippen LogP contribution in [0.15, 0.2) is 18.2 Å². The summed E-state index contributed by atoms with van der Waals surface area (Å²) in [6.45, 7) is 0.436. The monoisotopic (exact) mass is 297 g/mol. The number of ether oxygens (including phenoxy) is 2. The van der Waals surface area contributed by atoms with E-state index in [0.717, 1.165) is 12.8 Å². The number of hydrogen-bond donors (Lipinski definition) is 1. The van der Waals surface area contributed by atoms with Gasteiger partial charge in [-0.15, -0.1) is 0 Å². The van der Waals surface area contributed by atoms with Crippen LogP contribution in [0.1, 0.15) is 36.0 Å². The Bertz CT molecular complexity index is 491.